The van der Waals surface area contributed by atoms with Crippen LogP contribution in [0.3, 0.4) is 0 Å². The molecule has 5 N–H and O–H groups in total. The Morgan fingerprint density at radius 3 is 2.46 bits per heavy atom. The molecular formula is C20H24F3N5. The van der Waals surface area contributed by atoms with Crippen LogP contribution >= 0.6 is 0 Å². The van der Waals surface area contributed by atoms with Crippen LogP contribution in [0, 0.1) is 5.82 Å². The number of pyridine rings is 1. The number of benzene rings is 1. The summed E-state index contributed by atoms with van der Waals surface area (Å²) in [5, 5.41) is 3.04. The molecule has 0 aliphatic carbocycles. The SMILES string of the molecule is C=C(CCC(F)F)c1cc(Nc2nc(N)c(F)cc2C(=C)N)ccc1N(C)C. The quantitative estimate of drug-likeness (QED) is 0.613. The monoisotopic (exact) mass is 391 g/mol. The fraction of sp³-hybridized carbons (Fsp3) is 0.250. The average Bonchev–Trinajstić information content (AvgIpc) is 2.61. The number of allylic oxidation sites excluding steroid dienone is 1. The average molecular weight is 391 g/mol. The molecule has 0 bridgehead atoms. The van der Waals surface area contributed by atoms with Gasteiger partial charge in [-0.25, -0.2) is 18.2 Å². The molecule has 0 amide bonds. The first-order chi connectivity index (χ1) is 13.1. The zero-order valence-corrected chi connectivity index (χ0v) is 15.9. The Bertz CT molecular complexity index is 894. The van der Waals surface area contributed by atoms with Gasteiger partial charge in [-0.05, 0) is 36.3 Å². The van der Waals surface area contributed by atoms with Crippen molar-refractivity contribution in [2.75, 3.05) is 30.0 Å². The van der Waals surface area contributed by atoms with Crippen molar-refractivity contribution in [3.8, 4) is 0 Å². The van der Waals surface area contributed by atoms with Gasteiger partial charge < -0.3 is 21.7 Å². The van der Waals surface area contributed by atoms with Gasteiger partial charge in [0.1, 0.15) is 5.82 Å². The molecule has 0 radical (unpaired) electrons. The summed E-state index contributed by atoms with van der Waals surface area (Å²) in [6.45, 7) is 7.57. The second kappa shape index (κ2) is 8.69. The molecule has 0 unspecified atom stereocenters. The number of rotatable bonds is 8. The number of halogens is 3. The van der Waals surface area contributed by atoms with Gasteiger partial charge in [-0.2, -0.15) is 0 Å². The highest BCUT2D eigenvalue weighted by Gasteiger charge is 2.15. The van der Waals surface area contributed by atoms with E-state index < -0.39 is 12.2 Å². The van der Waals surface area contributed by atoms with E-state index in [0.29, 0.717) is 11.3 Å². The van der Waals surface area contributed by atoms with Gasteiger partial charge in [0, 0.05) is 48.7 Å². The molecule has 1 heterocycles. The molecule has 2 aromatic rings. The Morgan fingerprint density at radius 2 is 1.89 bits per heavy atom. The molecule has 5 nitrogen and oxygen atoms in total. The summed E-state index contributed by atoms with van der Waals surface area (Å²) >= 11 is 0. The van der Waals surface area contributed by atoms with E-state index >= 15 is 0 Å². The summed E-state index contributed by atoms with van der Waals surface area (Å²) in [7, 11) is 3.70. The maximum atomic E-state index is 13.7. The molecule has 1 aromatic heterocycles. The van der Waals surface area contributed by atoms with Crippen LogP contribution in [0.15, 0.2) is 37.4 Å². The van der Waals surface area contributed by atoms with Gasteiger partial charge in [0.2, 0.25) is 6.43 Å². The zero-order valence-electron chi connectivity index (χ0n) is 15.9. The number of hydrogen-bond acceptors (Lipinski definition) is 5. The number of aromatic nitrogens is 1. The van der Waals surface area contributed by atoms with Crippen molar-refractivity contribution >= 4 is 34.3 Å². The first-order valence-electron chi connectivity index (χ1n) is 8.55. The predicted octanol–water partition coefficient (Wildman–Crippen LogP) is 4.60. The number of nitrogen functional groups attached to an aromatic ring is 1. The summed E-state index contributed by atoms with van der Waals surface area (Å²) in [5.41, 5.74) is 14.4. The molecule has 1 aromatic carbocycles. The van der Waals surface area contributed by atoms with Gasteiger partial charge in [-0.15, -0.1) is 0 Å². The minimum Gasteiger partial charge on any atom is -0.399 e. The first-order valence-corrected chi connectivity index (χ1v) is 8.55. The molecule has 0 saturated heterocycles. The second-order valence-corrected chi connectivity index (χ2v) is 6.56. The molecule has 2 rings (SSSR count). The normalized spacial score (nSPS) is 10.8. The predicted molar refractivity (Wildman–Crippen MR) is 110 cm³/mol. The lowest BCUT2D eigenvalue weighted by molar-refractivity contribution is 0.139. The number of anilines is 4. The van der Waals surface area contributed by atoms with Gasteiger partial charge in [-0.1, -0.05) is 13.2 Å². The molecular weight excluding hydrogens is 367 g/mol. The number of nitrogens with two attached hydrogens (primary N) is 2. The molecule has 0 atom stereocenters. The van der Waals surface area contributed by atoms with Crippen LogP contribution in [0.2, 0.25) is 0 Å². The van der Waals surface area contributed by atoms with Crippen LogP contribution in [0.4, 0.5) is 36.2 Å². The van der Waals surface area contributed by atoms with E-state index in [4.69, 9.17) is 11.5 Å². The molecule has 8 heteroatoms. The van der Waals surface area contributed by atoms with Gasteiger partial charge >= 0.3 is 0 Å². The van der Waals surface area contributed by atoms with Crippen molar-refractivity contribution in [2.24, 2.45) is 5.73 Å². The third-order valence-corrected chi connectivity index (χ3v) is 4.14. The maximum Gasteiger partial charge on any atom is 0.239 e. The second-order valence-electron chi connectivity index (χ2n) is 6.56. The van der Waals surface area contributed by atoms with Crippen molar-refractivity contribution in [1.82, 2.24) is 4.98 Å². The number of nitrogens with zero attached hydrogens (tertiary/aromatic N) is 2. The van der Waals surface area contributed by atoms with Gasteiger partial charge in [0.25, 0.3) is 0 Å². The lowest BCUT2D eigenvalue weighted by atomic mass is 9.99. The molecule has 150 valence electrons. The number of alkyl halides is 2. The van der Waals surface area contributed by atoms with E-state index in [-0.39, 0.29) is 35.7 Å². The number of nitrogens with one attached hydrogen (secondary N) is 1. The van der Waals surface area contributed by atoms with E-state index in [9.17, 15) is 13.2 Å². The van der Waals surface area contributed by atoms with E-state index in [2.05, 4.69) is 23.5 Å². The standard InChI is InChI=1S/C20H24F3N5/c1-11(5-8-18(22)23)14-9-13(6-7-17(14)28(3)4)26-20-15(12(2)24)10-16(21)19(25)27-20/h6-7,9-10,18H,1-2,5,8,24H2,3-4H3,(H3,25,26,27). The summed E-state index contributed by atoms with van der Waals surface area (Å²) in [5.74, 6) is -0.733. The van der Waals surface area contributed by atoms with Crippen LogP contribution < -0.4 is 21.7 Å². The van der Waals surface area contributed by atoms with E-state index in [1.54, 1.807) is 12.1 Å². The molecule has 0 fully saturated rings. The Hall–Kier alpha value is -3.16. The molecule has 28 heavy (non-hydrogen) atoms. The topological polar surface area (TPSA) is 80.2 Å². The van der Waals surface area contributed by atoms with E-state index in [1.807, 2.05) is 25.1 Å². The fourth-order valence-electron chi connectivity index (χ4n) is 2.68. The van der Waals surface area contributed by atoms with Crippen molar-refractivity contribution in [3.05, 3.63) is 54.4 Å². The van der Waals surface area contributed by atoms with Crippen LogP contribution in [0.25, 0.3) is 11.3 Å². The molecule has 0 saturated carbocycles. The Labute approximate surface area is 162 Å². The minimum atomic E-state index is -2.40. The van der Waals surface area contributed by atoms with Gasteiger partial charge in [-0.3, -0.25) is 0 Å². The van der Waals surface area contributed by atoms with Gasteiger partial charge in [0.15, 0.2) is 11.6 Å². The Morgan fingerprint density at radius 1 is 1.21 bits per heavy atom. The summed E-state index contributed by atoms with van der Waals surface area (Å²) in [4.78, 5) is 5.87. The van der Waals surface area contributed by atoms with E-state index in [1.165, 1.54) is 0 Å². The smallest absolute Gasteiger partial charge is 0.239 e. The summed E-state index contributed by atoms with van der Waals surface area (Å²) in [6.07, 6.45) is -2.50. The lowest BCUT2D eigenvalue weighted by Crippen LogP contribution is -2.12. The molecule has 0 aliphatic rings. The van der Waals surface area contributed by atoms with E-state index in [0.717, 1.165) is 17.3 Å². The maximum absolute atomic E-state index is 13.7. The minimum absolute atomic E-state index is 0.125. The Kier molecular flexibility index (Phi) is 6.56. The Balaban J connectivity index is 2.43. The zero-order chi connectivity index (χ0) is 21.0. The molecule has 0 aliphatic heterocycles. The number of hydrogen-bond donors (Lipinski definition) is 3. The summed E-state index contributed by atoms with van der Waals surface area (Å²) < 4.78 is 38.9. The highest BCUT2D eigenvalue weighted by molar-refractivity contribution is 5.81. The highest BCUT2D eigenvalue weighted by Crippen LogP contribution is 2.33. The van der Waals surface area contributed by atoms with Crippen molar-refractivity contribution in [1.29, 1.82) is 0 Å². The fourth-order valence-corrected chi connectivity index (χ4v) is 2.68. The van der Waals surface area contributed by atoms with Crippen LogP contribution in [-0.4, -0.2) is 25.5 Å². The van der Waals surface area contributed by atoms with Crippen LogP contribution in [-0.2, 0) is 0 Å². The van der Waals surface area contributed by atoms with Crippen molar-refractivity contribution in [3.63, 3.8) is 0 Å². The van der Waals surface area contributed by atoms with Gasteiger partial charge in [0.05, 0.1) is 0 Å². The first kappa shape index (κ1) is 21.1. The van der Waals surface area contributed by atoms with Crippen molar-refractivity contribution < 1.29 is 13.2 Å². The summed E-state index contributed by atoms with van der Waals surface area (Å²) in [6, 6.07) is 6.54. The lowest BCUT2D eigenvalue weighted by Gasteiger charge is -2.21. The van der Waals surface area contributed by atoms with Crippen LogP contribution in [0.5, 0.6) is 0 Å². The molecule has 0 spiro atoms. The third kappa shape index (κ3) is 4.97. The van der Waals surface area contributed by atoms with Crippen LogP contribution in [0.1, 0.15) is 24.0 Å². The highest BCUT2D eigenvalue weighted by atomic mass is 19.3. The van der Waals surface area contributed by atoms with Crippen molar-refractivity contribution in [2.45, 2.75) is 19.3 Å². The third-order valence-electron chi connectivity index (χ3n) is 4.14. The largest absolute Gasteiger partial charge is 0.399 e.